The summed E-state index contributed by atoms with van der Waals surface area (Å²) < 4.78 is 0. The van der Waals surface area contributed by atoms with Crippen molar-refractivity contribution < 1.29 is 19.2 Å². The molecular formula is C25H24Cl2N2O4. The fourth-order valence-electron chi connectivity index (χ4n) is 4.56. The zero-order valence-electron chi connectivity index (χ0n) is 18.4. The van der Waals surface area contributed by atoms with Crippen molar-refractivity contribution >= 4 is 46.7 Å². The average Bonchev–Trinajstić information content (AvgIpc) is 3.04. The van der Waals surface area contributed by atoms with Crippen LogP contribution in [0.2, 0.25) is 10.0 Å². The molecule has 1 heterocycles. The number of rotatable bonds is 5. The number of hydrogen-bond donors (Lipinski definition) is 0. The molecule has 0 radical (unpaired) electrons. The van der Waals surface area contributed by atoms with Crippen LogP contribution < -0.4 is 0 Å². The number of hydrogen-bond acceptors (Lipinski definition) is 4. The molecule has 2 aromatic carbocycles. The maximum atomic E-state index is 13.5. The molecule has 8 heteroatoms. The number of carbonyl (C=O) groups excluding carboxylic acids is 4. The predicted octanol–water partition coefficient (Wildman–Crippen LogP) is 5.03. The largest absolute Gasteiger partial charge is 0.292 e. The van der Waals surface area contributed by atoms with Gasteiger partial charge in [0, 0.05) is 10.6 Å². The summed E-state index contributed by atoms with van der Waals surface area (Å²) in [6.45, 7) is 3.36. The molecule has 0 aromatic heterocycles. The van der Waals surface area contributed by atoms with Crippen molar-refractivity contribution in [3.05, 3.63) is 68.7 Å². The first kappa shape index (κ1) is 23.5. The maximum absolute atomic E-state index is 13.5. The quantitative estimate of drug-likeness (QED) is 0.438. The molecule has 1 saturated heterocycles. The van der Waals surface area contributed by atoms with E-state index in [1.54, 1.807) is 12.1 Å². The van der Waals surface area contributed by atoms with Gasteiger partial charge in [-0.15, -0.1) is 0 Å². The number of nitrogens with zero attached hydrogens (tertiary/aromatic N) is 2. The zero-order valence-corrected chi connectivity index (χ0v) is 19.9. The molecular weight excluding hydrogens is 463 g/mol. The van der Waals surface area contributed by atoms with Crippen LogP contribution in [0.3, 0.4) is 0 Å². The second kappa shape index (κ2) is 9.27. The average molecular weight is 487 g/mol. The van der Waals surface area contributed by atoms with Crippen LogP contribution in [-0.2, 0) is 9.59 Å². The molecule has 3 amide bonds. The highest BCUT2D eigenvalue weighted by molar-refractivity contribution is 6.36. The molecule has 1 aliphatic heterocycles. The molecule has 0 unspecified atom stereocenters. The first-order valence-electron chi connectivity index (χ1n) is 10.9. The van der Waals surface area contributed by atoms with Crippen LogP contribution in [0, 0.1) is 25.7 Å². The van der Waals surface area contributed by atoms with Crippen molar-refractivity contribution in [3.8, 4) is 0 Å². The SMILES string of the molecule is Cc1ccc(C(=O)CN(C(=O)c2ccc(Cl)cc2Cl)N2C(=O)[C@@H]3CCCC[C@H]3C2=O)cc1C. The fraction of sp³-hybridized carbons (Fsp3) is 0.360. The third-order valence-electron chi connectivity index (χ3n) is 6.58. The van der Waals surface area contributed by atoms with Crippen LogP contribution in [0.5, 0.6) is 0 Å². The highest BCUT2D eigenvalue weighted by atomic mass is 35.5. The summed E-state index contributed by atoms with van der Waals surface area (Å²) in [4.78, 5) is 53.2. The molecule has 1 aliphatic carbocycles. The van der Waals surface area contributed by atoms with Crippen LogP contribution in [-0.4, -0.2) is 40.1 Å². The Balaban J connectivity index is 1.72. The van der Waals surface area contributed by atoms with E-state index >= 15 is 0 Å². The summed E-state index contributed by atoms with van der Waals surface area (Å²) >= 11 is 12.2. The molecule has 0 spiro atoms. The van der Waals surface area contributed by atoms with Gasteiger partial charge in [-0.05, 0) is 62.1 Å². The number of carbonyl (C=O) groups is 4. The minimum atomic E-state index is -0.700. The van der Waals surface area contributed by atoms with Gasteiger partial charge in [0.25, 0.3) is 17.7 Å². The number of Topliss-reactive ketones (excluding diaryl/α,β-unsaturated/α-hetero) is 1. The fourth-order valence-corrected chi connectivity index (χ4v) is 5.05. The summed E-state index contributed by atoms with van der Waals surface area (Å²) in [6, 6.07) is 9.58. The second-order valence-corrected chi connectivity index (χ2v) is 9.54. The molecule has 2 aromatic rings. The van der Waals surface area contributed by atoms with Gasteiger partial charge >= 0.3 is 0 Å². The summed E-state index contributed by atoms with van der Waals surface area (Å²) in [5.74, 6) is -2.87. The first-order valence-corrected chi connectivity index (χ1v) is 11.7. The lowest BCUT2D eigenvalue weighted by molar-refractivity contribution is -0.154. The van der Waals surface area contributed by atoms with Gasteiger partial charge in [-0.1, -0.05) is 48.2 Å². The van der Waals surface area contributed by atoms with Crippen LogP contribution in [0.1, 0.15) is 57.5 Å². The number of aryl methyl sites for hydroxylation is 2. The lowest BCUT2D eigenvalue weighted by atomic mass is 9.81. The minimum absolute atomic E-state index is 0.0597. The first-order chi connectivity index (χ1) is 15.7. The van der Waals surface area contributed by atoms with Crippen LogP contribution in [0.15, 0.2) is 36.4 Å². The van der Waals surface area contributed by atoms with Gasteiger partial charge < -0.3 is 0 Å². The molecule has 2 fully saturated rings. The molecule has 2 aliphatic rings. The van der Waals surface area contributed by atoms with E-state index in [4.69, 9.17) is 23.2 Å². The molecule has 0 bridgehead atoms. The molecule has 172 valence electrons. The number of hydrazine groups is 1. The van der Waals surface area contributed by atoms with E-state index in [9.17, 15) is 19.2 Å². The number of halogens is 2. The number of ketones is 1. The maximum Gasteiger partial charge on any atom is 0.274 e. The normalized spacial score (nSPS) is 20.1. The van der Waals surface area contributed by atoms with Crippen LogP contribution in [0.4, 0.5) is 0 Å². The van der Waals surface area contributed by atoms with Gasteiger partial charge in [-0.3, -0.25) is 19.2 Å². The Morgan fingerprint density at radius 3 is 2.15 bits per heavy atom. The van der Waals surface area contributed by atoms with Crippen LogP contribution in [0.25, 0.3) is 0 Å². The molecule has 6 nitrogen and oxygen atoms in total. The monoisotopic (exact) mass is 486 g/mol. The third-order valence-corrected chi connectivity index (χ3v) is 7.13. The van der Waals surface area contributed by atoms with Gasteiger partial charge in [0.15, 0.2) is 5.78 Å². The van der Waals surface area contributed by atoms with Gasteiger partial charge in [-0.2, -0.15) is 5.01 Å². The Morgan fingerprint density at radius 1 is 0.939 bits per heavy atom. The molecule has 33 heavy (non-hydrogen) atoms. The smallest absolute Gasteiger partial charge is 0.274 e. The summed E-state index contributed by atoms with van der Waals surface area (Å²) in [6.07, 6.45) is 2.90. The highest BCUT2D eigenvalue weighted by Gasteiger charge is 2.52. The Hall–Kier alpha value is -2.70. The van der Waals surface area contributed by atoms with Crippen molar-refractivity contribution in [1.82, 2.24) is 10.0 Å². The van der Waals surface area contributed by atoms with E-state index < -0.39 is 36.1 Å². The van der Waals surface area contributed by atoms with E-state index in [0.29, 0.717) is 23.4 Å². The number of fused-ring (bicyclic) bond motifs is 1. The van der Waals surface area contributed by atoms with Crippen LogP contribution >= 0.6 is 23.2 Å². The minimum Gasteiger partial charge on any atom is -0.292 e. The molecule has 2 atom stereocenters. The van der Waals surface area contributed by atoms with E-state index in [2.05, 4.69) is 0 Å². The Kier molecular flexibility index (Phi) is 6.59. The molecule has 0 N–H and O–H groups in total. The lowest BCUT2D eigenvalue weighted by Crippen LogP contribution is -2.52. The standard InChI is InChI=1S/C25H24Cl2N2O4/c1-14-7-8-16(11-15(14)2)22(30)13-28(23(31)20-10-9-17(26)12-21(20)27)29-24(32)18-5-3-4-6-19(18)25(29)33/h7-12,18-19H,3-6,13H2,1-2H3/t18-,19-/m1/s1. The van der Waals surface area contributed by atoms with E-state index in [1.807, 2.05) is 19.9 Å². The van der Waals surface area contributed by atoms with Gasteiger partial charge in [0.2, 0.25) is 0 Å². The number of benzene rings is 2. The van der Waals surface area contributed by atoms with Gasteiger partial charge in [-0.25, -0.2) is 5.01 Å². The number of imide groups is 1. The Labute approximate surface area is 202 Å². The Morgan fingerprint density at radius 2 is 1.58 bits per heavy atom. The number of amides is 3. The van der Waals surface area contributed by atoms with Crippen molar-refractivity contribution in [3.63, 3.8) is 0 Å². The lowest BCUT2D eigenvalue weighted by Gasteiger charge is -2.30. The van der Waals surface area contributed by atoms with E-state index in [0.717, 1.165) is 34.0 Å². The summed E-state index contributed by atoms with van der Waals surface area (Å²) in [5, 5.41) is 2.25. The summed E-state index contributed by atoms with van der Waals surface area (Å²) in [7, 11) is 0. The van der Waals surface area contributed by atoms with E-state index in [-0.39, 0.29) is 16.4 Å². The van der Waals surface area contributed by atoms with Gasteiger partial charge in [0.05, 0.1) is 22.4 Å². The molecule has 4 rings (SSSR count). The topological polar surface area (TPSA) is 74.8 Å². The van der Waals surface area contributed by atoms with Crippen molar-refractivity contribution in [2.24, 2.45) is 11.8 Å². The zero-order chi connectivity index (χ0) is 23.9. The third kappa shape index (κ3) is 4.42. The van der Waals surface area contributed by atoms with E-state index in [1.165, 1.54) is 18.2 Å². The van der Waals surface area contributed by atoms with Crippen molar-refractivity contribution in [2.75, 3.05) is 6.54 Å². The van der Waals surface area contributed by atoms with Crippen molar-refractivity contribution in [1.29, 1.82) is 0 Å². The second-order valence-electron chi connectivity index (χ2n) is 8.69. The molecule has 1 saturated carbocycles. The van der Waals surface area contributed by atoms with Gasteiger partial charge in [0.1, 0.15) is 6.54 Å². The highest BCUT2D eigenvalue weighted by Crippen LogP contribution is 2.39. The Bertz CT molecular complexity index is 1140. The predicted molar refractivity (Wildman–Crippen MR) is 125 cm³/mol. The van der Waals surface area contributed by atoms with Crippen molar-refractivity contribution in [2.45, 2.75) is 39.5 Å². The summed E-state index contributed by atoms with van der Waals surface area (Å²) in [5.41, 5.74) is 2.42.